The van der Waals surface area contributed by atoms with Gasteiger partial charge in [0.25, 0.3) is 0 Å². The number of rotatable bonds is 2. The van der Waals surface area contributed by atoms with E-state index >= 15 is 0 Å². The molecule has 2 heterocycles. The molecule has 1 fully saturated rings. The minimum atomic E-state index is -0.472. The van der Waals surface area contributed by atoms with Gasteiger partial charge in [-0.1, -0.05) is 18.2 Å². The largest absolute Gasteiger partial charge is 0.370 e. The summed E-state index contributed by atoms with van der Waals surface area (Å²) in [4.78, 5) is 13.8. The number of anilines is 1. The number of carbonyl (C=O) groups is 1. The number of aromatic nitrogens is 3. The summed E-state index contributed by atoms with van der Waals surface area (Å²) < 4.78 is 21.0. The first-order chi connectivity index (χ1) is 10.6. The van der Waals surface area contributed by atoms with E-state index in [4.69, 9.17) is 4.74 Å². The molecule has 7 nitrogen and oxygen atoms in total. The fourth-order valence-corrected chi connectivity index (χ4v) is 2.33. The summed E-state index contributed by atoms with van der Waals surface area (Å²) in [5, 5.41) is 10.2. The molecule has 1 aromatic carbocycles. The van der Waals surface area contributed by atoms with Gasteiger partial charge in [0.1, 0.15) is 18.2 Å². The van der Waals surface area contributed by atoms with Crippen LogP contribution >= 0.6 is 0 Å². The third kappa shape index (κ3) is 2.91. The van der Waals surface area contributed by atoms with Crippen molar-refractivity contribution in [1.82, 2.24) is 19.7 Å². The number of morpholine rings is 1. The molecule has 1 N–H and O–H groups in total. The Balaban J connectivity index is 1.69. The minimum Gasteiger partial charge on any atom is -0.370 e. The number of nitrogens with one attached hydrogen (secondary N) is 1. The smallest absolute Gasteiger partial charge is 0.324 e. The van der Waals surface area contributed by atoms with Gasteiger partial charge in [-0.2, -0.15) is 0 Å². The molecule has 0 bridgehead atoms. The van der Waals surface area contributed by atoms with Gasteiger partial charge in [0, 0.05) is 19.2 Å². The monoisotopic (exact) mass is 305 g/mol. The van der Waals surface area contributed by atoms with Crippen molar-refractivity contribution < 1.29 is 13.9 Å². The van der Waals surface area contributed by atoms with Crippen LogP contribution in [0.1, 0.15) is 11.7 Å². The predicted octanol–water partition coefficient (Wildman–Crippen LogP) is 1.56. The van der Waals surface area contributed by atoms with Crippen molar-refractivity contribution in [2.45, 2.75) is 6.10 Å². The molecule has 1 aliphatic rings. The van der Waals surface area contributed by atoms with Gasteiger partial charge in [-0.15, -0.1) is 10.2 Å². The van der Waals surface area contributed by atoms with Gasteiger partial charge < -0.3 is 14.2 Å². The van der Waals surface area contributed by atoms with Gasteiger partial charge >= 0.3 is 6.03 Å². The van der Waals surface area contributed by atoms with Crippen LogP contribution in [-0.2, 0) is 11.8 Å². The van der Waals surface area contributed by atoms with E-state index in [2.05, 4.69) is 15.5 Å². The number of urea groups is 1. The molecule has 2 aromatic rings. The summed E-state index contributed by atoms with van der Waals surface area (Å²) in [5.41, 5.74) is 0.457. The third-order valence-corrected chi connectivity index (χ3v) is 3.54. The van der Waals surface area contributed by atoms with E-state index in [1.54, 1.807) is 34.7 Å². The number of aryl methyl sites for hydroxylation is 1. The summed E-state index contributed by atoms with van der Waals surface area (Å²) in [6.45, 7) is 1.07. The number of amides is 2. The summed E-state index contributed by atoms with van der Waals surface area (Å²) >= 11 is 0. The highest BCUT2D eigenvalue weighted by molar-refractivity contribution is 5.87. The van der Waals surface area contributed by atoms with Crippen LogP contribution in [0.4, 0.5) is 15.1 Å². The Morgan fingerprint density at radius 1 is 1.45 bits per heavy atom. The molecule has 0 radical (unpaired) electrons. The highest BCUT2D eigenvalue weighted by atomic mass is 19.1. The Kier molecular flexibility index (Phi) is 4.01. The number of hydrogen-bond acceptors (Lipinski definition) is 4. The second-order valence-electron chi connectivity index (χ2n) is 5.02. The summed E-state index contributed by atoms with van der Waals surface area (Å²) in [6.07, 6.45) is 1.03. The van der Waals surface area contributed by atoms with Gasteiger partial charge in [-0.3, -0.25) is 5.32 Å². The Bertz CT molecular complexity index is 675. The van der Waals surface area contributed by atoms with Crippen LogP contribution in [0.15, 0.2) is 30.6 Å². The van der Waals surface area contributed by atoms with E-state index in [1.807, 2.05) is 0 Å². The molecular formula is C14H16FN5O2. The number of benzene rings is 1. The summed E-state index contributed by atoms with van der Waals surface area (Å²) in [6, 6.07) is 6.13. The zero-order valence-corrected chi connectivity index (χ0v) is 12.1. The maximum atomic E-state index is 13.8. The molecule has 8 heteroatoms. The van der Waals surface area contributed by atoms with Crippen LogP contribution in [0.5, 0.6) is 0 Å². The number of nitrogens with zero attached hydrogens (tertiary/aromatic N) is 4. The SMILES string of the molecule is Cn1cnnc1NC(=O)N1CCOC(c2ccccc2F)C1. The lowest BCUT2D eigenvalue weighted by Gasteiger charge is -2.33. The normalized spacial score (nSPS) is 18.3. The molecule has 1 unspecified atom stereocenters. The number of hydrogen-bond donors (Lipinski definition) is 1. The molecular weight excluding hydrogens is 289 g/mol. The van der Waals surface area contributed by atoms with Crippen LogP contribution in [0, 0.1) is 5.82 Å². The standard InChI is InChI=1S/C14H16FN5O2/c1-19-9-16-18-13(19)17-14(21)20-6-7-22-12(8-20)10-4-2-3-5-11(10)15/h2-5,9,12H,6-8H2,1H3,(H,17,18,21). The minimum absolute atomic E-state index is 0.282. The van der Waals surface area contributed by atoms with Crippen LogP contribution in [-0.4, -0.2) is 45.4 Å². The second-order valence-corrected chi connectivity index (χ2v) is 5.02. The Hall–Kier alpha value is -2.48. The van der Waals surface area contributed by atoms with Crippen LogP contribution in [0.25, 0.3) is 0 Å². The van der Waals surface area contributed by atoms with E-state index in [0.717, 1.165) is 0 Å². The summed E-state index contributed by atoms with van der Waals surface area (Å²) in [7, 11) is 1.73. The first kappa shape index (κ1) is 14.5. The molecule has 1 saturated heterocycles. The fraction of sp³-hybridized carbons (Fsp3) is 0.357. The van der Waals surface area contributed by atoms with Crippen molar-refractivity contribution in [3.63, 3.8) is 0 Å². The van der Waals surface area contributed by atoms with E-state index in [0.29, 0.717) is 24.7 Å². The van der Waals surface area contributed by atoms with Crippen molar-refractivity contribution in [3.05, 3.63) is 42.0 Å². The van der Waals surface area contributed by atoms with E-state index < -0.39 is 6.10 Å². The summed E-state index contributed by atoms with van der Waals surface area (Å²) in [5.74, 6) is 0.0296. The van der Waals surface area contributed by atoms with E-state index in [1.165, 1.54) is 12.4 Å². The van der Waals surface area contributed by atoms with Crippen molar-refractivity contribution in [2.24, 2.45) is 7.05 Å². The van der Waals surface area contributed by atoms with Gasteiger partial charge in [-0.05, 0) is 6.07 Å². The number of carbonyl (C=O) groups excluding carboxylic acids is 1. The molecule has 116 valence electrons. The van der Waals surface area contributed by atoms with Gasteiger partial charge in [0.15, 0.2) is 0 Å². The number of ether oxygens (including phenoxy) is 1. The lowest BCUT2D eigenvalue weighted by atomic mass is 10.1. The maximum absolute atomic E-state index is 13.8. The average Bonchev–Trinajstić information content (AvgIpc) is 2.93. The predicted molar refractivity (Wildman–Crippen MR) is 76.7 cm³/mol. The van der Waals surface area contributed by atoms with Crippen molar-refractivity contribution in [3.8, 4) is 0 Å². The molecule has 3 rings (SSSR count). The molecule has 0 saturated carbocycles. The molecule has 22 heavy (non-hydrogen) atoms. The quantitative estimate of drug-likeness (QED) is 0.914. The maximum Gasteiger partial charge on any atom is 0.324 e. The molecule has 1 aliphatic heterocycles. The van der Waals surface area contributed by atoms with Crippen molar-refractivity contribution in [2.75, 3.05) is 25.0 Å². The first-order valence-electron chi connectivity index (χ1n) is 6.91. The molecule has 1 aromatic heterocycles. The lowest BCUT2D eigenvalue weighted by molar-refractivity contribution is -0.0152. The molecule has 0 aliphatic carbocycles. The zero-order chi connectivity index (χ0) is 15.5. The van der Waals surface area contributed by atoms with Crippen LogP contribution < -0.4 is 5.32 Å². The van der Waals surface area contributed by atoms with Gasteiger partial charge in [-0.25, -0.2) is 9.18 Å². The van der Waals surface area contributed by atoms with Crippen LogP contribution in [0.2, 0.25) is 0 Å². The topological polar surface area (TPSA) is 72.3 Å². The van der Waals surface area contributed by atoms with Crippen molar-refractivity contribution in [1.29, 1.82) is 0 Å². The number of halogens is 1. The molecule has 1 atom stereocenters. The Morgan fingerprint density at radius 3 is 3.00 bits per heavy atom. The molecule has 0 spiro atoms. The van der Waals surface area contributed by atoms with E-state index in [-0.39, 0.29) is 18.4 Å². The van der Waals surface area contributed by atoms with Crippen molar-refractivity contribution >= 4 is 12.0 Å². The average molecular weight is 305 g/mol. The highest BCUT2D eigenvalue weighted by Crippen LogP contribution is 2.24. The molecule has 2 amide bonds. The van der Waals surface area contributed by atoms with Gasteiger partial charge in [0.05, 0.1) is 13.2 Å². The first-order valence-corrected chi connectivity index (χ1v) is 6.91. The lowest BCUT2D eigenvalue weighted by Crippen LogP contribution is -2.44. The Morgan fingerprint density at radius 2 is 2.27 bits per heavy atom. The third-order valence-electron chi connectivity index (χ3n) is 3.54. The van der Waals surface area contributed by atoms with E-state index in [9.17, 15) is 9.18 Å². The fourth-order valence-electron chi connectivity index (χ4n) is 2.33. The zero-order valence-electron chi connectivity index (χ0n) is 12.1. The second kappa shape index (κ2) is 6.10. The highest BCUT2D eigenvalue weighted by Gasteiger charge is 2.27. The van der Waals surface area contributed by atoms with Crippen LogP contribution in [0.3, 0.4) is 0 Å². The Labute approximate surface area is 126 Å². The van der Waals surface area contributed by atoms with Gasteiger partial charge in [0.2, 0.25) is 5.95 Å².